The second kappa shape index (κ2) is 7.38. The maximum atomic E-state index is 12.4. The lowest BCUT2D eigenvalue weighted by molar-refractivity contribution is 0.104. The second-order valence-corrected chi connectivity index (χ2v) is 6.12. The Morgan fingerprint density at radius 1 is 0.889 bits per heavy atom. The predicted molar refractivity (Wildman–Crippen MR) is 104 cm³/mol. The molecule has 4 heteroatoms. The van der Waals surface area contributed by atoms with E-state index in [4.69, 9.17) is 14.2 Å². The number of ketones is 1. The molecule has 0 saturated carbocycles. The largest absolute Gasteiger partial charge is 0.497 e. The Morgan fingerprint density at radius 3 is 2.26 bits per heavy atom. The van der Waals surface area contributed by atoms with Crippen molar-refractivity contribution in [2.24, 2.45) is 0 Å². The molecular weight excluding hydrogens is 340 g/mol. The monoisotopic (exact) mass is 358 g/mol. The van der Waals surface area contributed by atoms with Crippen molar-refractivity contribution in [2.45, 2.75) is 0 Å². The molecule has 4 nitrogen and oxygen atoms in total. The predicted octanol–water partition coefficient (Wildman–Crippen LogP) is 4.99. The number of hydrogen-bond acceptors (Lipinski definition) is 4. The molecule has 0 amide bonds. The molecule has 27 heavy (non-hydrogen) atoms. The molecule has 1 aliphatic heterocycles. The van der Waals surface area contributed by atoms with Crippen LogP contribution in [0, 0.1) is 0 Å². The summed E-state index contributed by atoms with van der Waals surface area (Å²) in [5.41, 5.74) is 3.76. The van der Waals surface area contributed by atoms with Crippen molar-refractivity contribution in [3.05, 3.63) is 83.9 Å². The Hall–Kier alpha value is -3.53. The van der Waals surface area contributed by atoms with Gasteiger partial charge in [0.15, 0.2) is 17.3 Å². The fraction of sp³-hybridized carbons (Fsp3) is 0.0870. The van der Waals surface area contributed by atoms with E-state index in [0.29, 0.717) is 17.1 Å². The number of fused-ring (bicyclic) bond motifs is 1. The Morgan fingerprint density at radius 2 is 1.56 bits per heavy atom. The summed E-state index contributed by atoms with van der Waals surface area (Å²) in [5, 5.41) is 0. The van der Waals surface area contributed by atoms with Gasteiger partial charge in [-0.05, 0) is 53.1 Å². The SMILES string of the molecule is COc1ccc(-c2ccc(/C=C/C(=O)c3ccc4c(c3)OCO4)cc2)cc1. The maximum Gasteiger partial charge on any atom is 0.231 e. The summed E-state index contributed by atoms with van der Waals surface area (Å²) in [5.74, 6) is 2.04. The summed E-state index contributed by atoms with van der Waals surface area (Å²) < 4.78 is 15.8. The van der Waals surface area contributed by atoms with Crippen molar-refractivity contribution in [1.29, 1.82) is 0 Å². The molecule has 3 aromatic carbocycles. The van der Waals surface area contributed by atoms with E-state index >= 15 is 0 Å². The van der Waals surface area contributed by atoms with Crippen molar-refractivity contribution in [3.63, 3.8) is 0 Å². The smallest absolute Gasteiger partial charge is 0.231 e. The molecule has 0 aliphatic carbocycles. The number of allylic oxidation sites excluding steroid dienone is 1. The van der Waals surface area contributed by atoms with E-state index in [9.17, 15) is 4.79 Å². The van der Waals surface area contributed by atoms with Crippen molar-refractivity contribution in [3.8, 4) is 28.4 Å². The minimum Gasteiger partial charge on any atom is -0.497 e. The zero-order valence-corrected chi connectivity index (χ0v) is 14.8. The fourth-order valence-electron chi connectivity index (χ4n) is 2.89. The third kappa shape index (κ3) is 3.70. The van der Waals surface area contributed by atoms with Gasteiger partial charge in [-0.3, -0.25) is 4.79 Å². The molecule has 1 heterocycles. The lowest BCUT2D eigenvalue weighted by Gasteiger charge is -2.04. The quantitative estimate of drug-likeness (QED) is 0.476. The standard InChI is InChI=1S/C23H18O4/c1-25-20-10-7-18(8-11-20)17-5-2-16(3-6-17)4-12-21(24)19-9-13-22-23(14-19)27-15-26-22/h2-14H,15H2,1H3/b12-4+. The van der Waals surface area contributed by atoms with Crippen molar-refractivity contribution in [1.82, 2.24) is 0 Å². The van der Waals surface area contributed by atoms with E-state index < -0.39 is 0 Å². The normalized spacial score (nSPS) is 12.3. The summed E-state index contributed by atoms with van der Waals surface area (Å²) in [6.07, 6.45) is 3.38. The number of ether oxygens (including phenoxy) is 3. The molecule has 0 unspecified atom stereocenters. The molecule has 0 spiro atoms. The molecule has 1 aliphatic rings. The van der Waals surface area contributed by atoms with E-state index in [1.54, 1.807) is 31.4 Å². The second-order valence-electron chi connectivity index (χ2n) is 6.12. The van der Waals surface area contributed by atoms with Crippen LogP contribution in [0.1, 0.15) is 15.9 Å². The van der Waals surface area contributed by atoms with Gasteiger partial charge in [0.1, 0.15) is 5.75 Å². The first kappa shape index (κ1) is 16.9. The van der Waals surface area contributed by atoms with Gasteiger partial charge in [-0.15, -0.1) is 0 Å². The van der Waals surface area contributed by atoms with Gasteiger partial charge in [-0.1, -0.05) is 42.5 Å². The highest BCUT2D eigenvalue weighted by Crippen LogP contribution is 2.32. The van der Waals surface area contributed by atoms with Gasteiger partial charge >= 0.3 is 0 Å². The molecule has 0 fully saturated rings. The maximum absolute atomic E-state index is 12.4. The van der Waals surface area contributed by atoms with Gasteiger partial charge in [0.05, 0.1) is 7.11 Å². The number of carbonyl (C=O) groups excluding carboxylic acids is 1. The van der Waals surface area contributed by atoms with Gasteiger partial charge < -0.3 is 14.2 Å². The zero-order valence-electron chi connectivity index (χ0n) is 14.8. The van der Waals surface area contributed by atoms with Crippen molar-refractivity contribution >= 4 is 11.9 Å². The van der Waals surface area contributed by atoms with Crippen LogP contribution in [0.4, 0.5) is 0 Å². The Kier molecular flexibility index (Phi) is 4.62. The average Bonchev–Trinajstić information content (AvgIpc) is 3.20. The Bertz CT molecular complexity index is 986. The Labute approximate surface area is 157 Å². The van der Waals surface area contributed by atoms with Gasteiger partial charge in [-0.25, -0.2) is 0 Å². The van der Waals surface area contributed by atoms with Gasteiger partial charge in [0.2, 0.25) is 6.79 Å². The number of carbonyl (C=O) groups is 1. The third-order valence-corrected chi connectivity index (χ3v) is 4.42. The highest BCUT2D eigenvalue weighted by atomic mass is 16.7. The van der Waals surface area contributed by atoms with Crippen LogP contribution in [0.5, 0.6) is 17.2 Å². The fourth-order valence-corrected chi connectivity index (χ4v) is 2.89. The average molecular weight is 358 g/mol. The minimum absolute atomic E-state index is 0.0764. The molecule has 0 bridgehead atoms. The first-order valence-electron chi connectivity index (χ1n) is 8.59. The lowest BCUT2D eigenvalue weighted by Crippen LogP contribution is -1.94. The first-order valence-corrected chi connectivity index (χ1v) is 8.59. The van der Waals surface area contributed by atoms with E-state index in [-0.39, 0.29) is 12.6 Å². The van der Waals surface area contributed by atoms with Crippen LogP contribution in [0.25, 0.3) is 17.2 Å². The highest BCUT2D eigenvalue weighted by Gasteiger charge is 2.15. The molecule has 0 atom stereocenters. The van der Waals surface area contributed by atoms with E-state index in [1.165, 1.54) is 0 Å². The highest BCUT2D eigenvalue weighted by molar-refractivity contribution is 6.07. The van der Waals surface area contributed by atoms with Crippen LogP contribution < -0.4 is 14.2 Å². The zero-order chi connectivity index (χ0) is 18.6. The summed E-state index contributed by atoms with van der Waals surface area (Å²) in [4.78, 5) is 12.4. The number of rotatable bonds is 5. The number of benzene rings is 3. The molecule has 0 aromatic heterocycles. The summed E-state index contributed by atoms with van der Waals surface area (Å²) >= 11 is 0. The molecule has 3 aromatic rings. The summed E-state index contributed by atoms with van der Waals surface area (Å²) in [7, 11) is 1.65. The molecule has 4 rings (SSSR count). The van der Waals surface area contributed by atoms with Gasteiger partial charge in [-0.2, -0.15) is 0 Å². The molecule has 0 N–H and O–H groups in total. The van der Waals surface area contributed by atoms with Crippen LogP contribution in [-0.2, 0) is 0 Å². The van der Waals surface area contributed by atoms with Crippen LogP contribution >= 0.6 is 0 Å². The van der Waals surface area contributed by atoms with E-state index in [0.717, 1.165) is 22.4 Å². The first-order chi connectivity index (χ1) is 13.2. The van der Waals surface area contributed by atoms with E-state index in [1.807, 2.05) is 54.6 Å². The lowest BCUT2D eigenvalue weighted by atomic mass is 10.0. The minimum atomic E-state index is -0.0764. The third-order valence-electron chi connectivity index (χ3n) is 4.42. The molecule has 0 radical (unpaired) electrons. The molecule has 134 valence electrons. The topological polar surface area (TPSA) is 44.8 Å². The summed E-state index contributed by atoms with van der Waals surface area (Å²) in [6.45, 7) is 0.198. The van der Waals surface area contributed by atoms with Gasteiger partial charge in [0.25, 0.3) is 0 Å². The van der Waals surface area contributed by atoms with Crippen molar-refractivity contribution < 1.29 is 19.0 Å². The number of hydrogen-bond donors (Lipinski definition) is 0. The molecular formula is C23H18O4. The van der Waals surface area contributed by atoms with Gasteiger partial charge in [0, 0.05) is 5.56 Å². The molecule has 0 saturated heterocycles. The Balaban J connectivity index is 1.46. The van der Waals surface area contributed by atoms with Crippen LogP contribution in [-0.4, -0.2) is 19.7 Å². The number of methoxy groups -OCH3 is 1. The van der Waals surface area contributed by atoms with Crippen LogP contribution in [0.3, 0.4) is 0 Å². The van der Waals surface area contributed by atoms with Crippen molar-refractivity contribution in [2.75, 3.05) is 13.9 Å². The van der Waals surface area contributed by atoms with Crippen LogP contribution in [0.2, 0.25) is 0 Å². The van der Waals surface area contributed by atoms with E-state index in [2.05, 4.69) is 0 Å². The summed E-state index contributed by atoms with van der Waals surface area (Å²) in [6, 6.07) is 21.2. The van der Waals surface area contributed by atoms with Crippen LogP contribution in [0.15, 0.2) is 72.8 Å².